The van der Waals surface area contributed by atoms with Gasteiger partial charge in [-0.25, -0.2) is 9.18 Å². The highest BCUT2D eigenvalue weighted by atomic mass is 19.1. The molecule has 0 aromatic heterocycles. The maximum Gasteiger partial charge on any atom is 0.328 e. The molecule has 0 radical (unpaired) electrons. The Bertz CT molecular complexity index is 663. The normalized spacial score (nSPS) is 10.7. The first-order valence-electron chi connectivity index (χ1n) is 6.00. The fourth-order valence-corrected chi connectivity index (χ4v) is 1.66. The maximum atomic E-state index is 13.1. The smallest absolute Gasteiger partial charge is 0.328 e. The Morgan fingerprint density at radius 2 is 2.05 bits per heavy atom. The zero-order valence-corrected chi connectivity index (χ0v) is 10.8. The van der Waals surface area contributed by atoms with Crippen LogP contribution >= 0.6 is 0 Å². The van der Waals surface area contributed by atoms with Gasteiger partial charge >= 0.3 is 5.97 Å². The Balaban J connectivity index is 2.27. The highest BCUT2D eigenvalue weighted by molar-refractivity contribution is 5.85. The number of aliphatic carboxylic acids is 1. The zero-order valence-electron chi connectivity index (χ0n) is 10.8. The molecule has 4 heteroatoms. The van der Waals surface area contributed by atoms with Crippen LogP contribution in [0.25, 0.3) is 6.08 Å². The Morgan fingerprint density at radius 1 is 1.25 bits per heavy atom. The van der Waals surface area contributed by atoms with E-state index in [2.05, 4.69) is 0 Å². The van der Waals surface area contributed by atoms with Crippen molar-refractivity contribution in [1.29, 1.82) is 0 Å². The first kappa shape index (κ1) is 13.8. The summed E-state index contributed by atoms with van der Waals surface area (Å²) in [7, 11) is 0. The number of hydrogen-bond acceptors (Lipinski definition) is 2. The fraction of sp³-hybridized carbons (Fsp3) is 0.0625. The summed E-state index contributed by atoms with van der Waals surface area (Å²) in [5.74, 6) is -0.434. The zero-order chi connectivity index (χ0) is 14.5. The summed E-state index contributed by atoms with van der Waals surface area (Å²) in [6.45, 7) is 1.86. The van der Waals surface area contributed by atoms with Crippen LogP contribution in [0.5, 0.6) is 11.5 Å². The van der Waals surface area contributed by atoms with Crippen LogP contribution in [-0.2, 0) is 4.79 Å². The number of carboxylic acids is 1. The molecule has 0 fully saturated rings. The first-order chi connectivity index (χ1) is 9.54. The average Bonchev–Trinajstić information content (AvgIpc) is 2.39. The van der Waals surface area contributed by atoms with E-state index in [1.165, 1.54) is 18.2 Å². The summed E-state index contributed by atoms with van der Waals surface area (Å²) in [6.07, 6.45) is 2.52. The van der Waals surface area contributed by atoms with Crippen LogP contribution in [-0.4, -0.2) is 11.1 Å². The van der Waals surface area contributed by atoms with E-state index in [0.29, 0.717) is 17.1 Å². The van der Waals surface area contributed by atoms with E-state index in [4.69, 9.17) is 9.84 Å². The molecule has 2 aromatic rings. The van der Waals surface area contributed by atoms with Gasteiger partial charge < -0.3 is 9.84 Å². The monoisotopic (exact) mass is 272 g/mol. The molecule has 20 heavy (non-hydrogen) atoms. The highest BCUT2D eigenvalue weighted by Gasteiger charge is 2.03. The quantitative estimate of drug-likeness (QED) is 0.855. The Kier molecular flexibility index (Phi) is 4.15. The van der Waals surface area contributed by atoms with Gasteiger partial charge in [-0.05, 0) is 42.3 Å². The number of rotatable bonds is 4. The molecule has 0 bridgehead atoms. The maximum absolute atomic E-state index is 13.1. The van der Waals surface area contributed by atoms with Gasteiger partial charge in [-0.15, -0.1) is 0 Å². The topological polar surface area (TPSA) is 46.5 Å². The molecule has 102 valence electrons. The van der Waals surface area contributed by atoms with Gasteiger partial charge in [0.1, 0.15) is 17.3 Å². The van der Waals surface area contributed by atoms with Crippen molar-refractivity contribution in [2.24, 2.45) is 0 Å². The van der Waals surface area contributed by atoms with Crippen molar-refractivity contribution in [2.45, 2.75) is 6.92 Å². The van der Waals surface area contributed by atoms with Crippen molar-refractivity contribution in [1.82, 2.24) is 0 Å². The molecule has 3 nitrogen and oxygen atoms in total. The molecule has 0 atom stereocenters. The second-order valence-electron chi connectivity index (χ2n) is 4.26. The summed E-state index contributed by atoms with van der Waals surface area (Å²) in [5.41, 5.74) is 1.58. The number of carboxylic acid groups (broad SMARTS) is 1. The SMILES string of the molecule is Cc1ccc(/C=C/C(=O)O)cc1Oc1cccc(F)c1. The van der Waals surface area contributed by atoms with Gasteiger partial charge in [0, 0.05) is 12.1 Å². The summed E-state index contributed by atoms with van der Waals surface area (Å²) in [4.78, 5) is 10.5. The number of carbonyl (C=O) groups is 1. The van der Waals surface area contributed by atoms with Crippen LogP contribution < -0.4 is 4.74 Å². The van der Waals surface area contributed by atoms with Crippen molar-refractivity contribution in [3.8, 4) is 11.5 Å². The molecule has 2 aromatic carbocycles. The Labute approximate surface area is 115 Å². The molecule has 0 aliphatic heterocycles. The third-order valence-corrected chi connectivity index (χ3v) is 2.65. The van der Waals surface area contributed by atoms with Crippen LogP contribution in [0, 0.1) is 12.7 Å². The summed E-state index contributed by atoms with van der Waals surface area (Å²) >= 11 is 0. The molecule has 0 amide bonds. The van der Waals surface area contributed by atoms with Gasteiger partial charge in [0.2, 0.25) is 0 Å². The second-order valence-corrected chi connectivity index (χ2v) is 4.26. The lowest BCUT2D eigenvalue weighted by molar-refractivity contribution is -0.131. The third-order valence-electron chi connectivity index (χ3n) is 2.65. The van der Waals surface area contributed by atoms with E-state index >= 15 is 0 Å². The number of aryl methyl sites for hydroxylation is 1. The molecule has 0 spiro atoms. The van der Waals surface area contributed by atoms with Crippen LogP contribution in [0.4, 0.5) is 4.39 Å². The molecule has 0 unspecified atom stereocenters. The summed E-state index contributed by atoms with van der Waals surface area (Å²) in [5, 5.41) is 8.60. The van der Waals surface area contributed by atoms with Crippen LogP contribution in [0.1, 0.15) is 11.1 Å². The third kappa shape index (κ3) is 3.68. The van der Waals surface area contributed by atoms with Gasteiger partial charge in [-0.1, -0.05) is 18.2 Å². The van der Waals surface area contributed by atoms with Crippen molar-refractivity contribution in [2.75, 3.05) is 0 Å². The van der Waals surface area contributed by atoms with Crippen molar-refractivity contribution < 1.29 is 19.0 Å². The first-order valence-corrected chi connectivity index (χ1v) is 6.00. The summed E-state index contributed by atoms with van der Waals surface area (Å²) in [6, 6.07) is 11.2. The van der Waals surface area contributed by atoms with Gasteiger partial charge in [-0.3, -0.25) is 0 Å². The molecule has 0 aliphatic rings. The van der Waals surface area contributed by atoms with Crippen LogP contribution in [0.15, 0.2) is 48.5 Å². The van der Waals surface area contributed by atoms with E-state index in [9.17, 15) is 9.18 Å². The Morgan fingerprint density at radius 3 is 2.75 bits per heavy atom. The van der Waals surface area contributed by atoms with E-state index in [-0.39, 0.29) is 5.82 Å². The standard InChI is InChI=1S/C16H13FO3/c1-11-5-6-12(7-8-16(18)19)9-15(11)20-14-4-2-3-13(17)10-14/h2-10H,1H3,(H,18,19)/b8-7+. The lowest BCUT2D eigenvalue weighted by Crippen LogP contribution is -1.90. The van der Waals surface area contributed by atoms with Crippen molar-refractivity contribution >= 4 is 12.0 Å². The van der Waals surface area contributed by atoms with Gasteiger partial charge in [-0.2, -0.15) is 0 Å². The fourth-order valence-electron chi connectivity index (χ4n) is 1.66. The van der Waals surface area contributed by atoms with E-state index in [0.717, 1.165) is 11.6 Å². The predicted octanol–water partition coefficient (Wildman–Crippen LogP) is 4.02. The molecule has 0 saturated heterocycles. The van der Waals surface area contributed by atoms with Crippen LogP contribution in [0.3, 0.4) is 0 Å². The van der Waals surface area contributed by atoms with Gasteiger partial charge in [0.15, 0.2) is 0 Å². The number of hydrogen-bond donors (Lipinski definition) is 1. The molecular formula is C16H13FO3. The Hall–Kier alpha value is -2.62. The van der Waals surface area contributed by atoms with E-state index < -0.39 is 5.97 Å². The number of halogens is 1. The van der Waals surface area contributed by atoms with Crippen molar-refractivity contribution in [3.05, 3.63) is 65.5 Å². The largest absolute Gasteiger partial charge is 0.478 e. The van der Waals surface area contributed by atoms with Crippen LogP contribution in [0.2, 0.25) is 0 Å². The average molecular weight is 272 g/mol. The number of ether oxygens (including phenoxy) is 1. The lowest BCUT2D eigenvalue weighted by atomic mass is 10.1. The van der Waals surface area contributed by atoms with Gasteiger partial charge in [0.25, 0.3) is 0 Å². The minimum absolute atomic E-state index is 0.373. The van der Waals surface area contributed by atoms with E-state index in [1.54, 1.807) is 24.3 Å². The minimum atomic E-state index is -1.02. The minimum Gasteiger partial charge on any atom is -0.478 e. The summed E-state index contributed by atoms with van der Waals surface area (Å²) < 4.78 is 18.7. The van der Waals surface area contributed by atoms with Gasteiger partial charge in [0.05, 0.1) is 0 Å². The lowest BCUT2D eigenvalue weighted by Gasteiger charge is -2.09. The molecule has 0 aliphatic carbocycles. The predicted molar refractivity (Wildman–Crippen MR) is 74.3 cm³/mol. The highest BCUT2D eigenvalue weighted by Crippen LogP contribution is 2.26. The molecule has 0 saturated carbocycles. The molecule has 0 heterocycles. The molecule has 1 N–H and O–H groups in total. The molecular weight excluding hydrogens is 259 g/mol. The van der Waals surface area contributed by atoms with Crippen molar-refractivity contribution in [3.63, 3.8) is 0 Å². The molecule has 2 rings (SSSR count). The number of benzene rings is 2. The van der Waals surface area contributed by atoms with E-state index in [1.807, 2.05) is 13.0 Å². The second kappa shape index (κ2) is 6.02.